The quantitative estimate of drug-likeness (QED) is 0.511. The van der Waals surface area contributed by atoms with Crippen molar-refractivity contribution in [3.63, 3.8) is 0 Å². The van der Waals surface area contributed by atoms with Crippen LogP contribution in [0.3, 0.4) is 0 Å². The van der Waals surface area contributed by atoms with E-state index in [2.05, 4.69) is 26.8 Å². The van der Waals surface area contributed by atoms with Crippen LogP contribution in [0.2, 0.25) is 0 Å². The summed E-state index contributed by atoms with van der Waals surface area (Å²) >= 11 is 0. The van der Waals surface area contributed by atoms with E-state index in [1.54, 1.807) is 0 Å². The van der Waals surface area contributed by atoms with Crippen molar-refractivity contribution >= 4 is 0 Å². The minimum Gasteiger partial charge on any atom is -0.198 e. The largest absolute Gasteiger partial charge is 0.198 e. The van der Waals surface area contributed by atoms with E-state index in [9.17, 15) is 5.26 Å². The number of nitriles is 1. The Balaban J connectivity index is 2.00. The third-order valence-corrected chi connectivity index (χ3v) is 6.81. The van der Waals surface area contributed by atoms with Gasteiger partial charge in [-0.2, -0.15) is 5.26 Å². The van der Waals surface area contributed by atoms with Crippen LogP contribution in [0.1, 0.15) is 97.8 Å². The van der Waals surface area contributed by atoms with Crippen molar-refractivity contribution in [3.05, 3.63) is 0 Å². The number of nitrogens with zero attached hydrogens (tertiary/aromatic N) is 1. The summed E-state index contributed by atoms with van der Waals surface area (Å²) in [5.41, 5.74) is -0.00522. The fourth-order valence-corrected chi connectivity index (χ4v) is 5.79. The predicted molar refractivity (Wildman–Crippen MR) is 94.4 cm³/mol. The molecule has 2 aliphatic carbocycles. The monoisotopic (exact) mass is 303 g/mol. The molecule has 0 N–H and O–H groups in total. The van der Waals surface area contributed by atoms with Crippen molar-refractivity contribution in [2.75, 3.05) is 0 Å². The van der Waals surface area contributed by atoms with E-state index in [4.69, 9.17) is 0 Å². The second kappa shape index (κ2) is 8.37. The van der Waals surface area contributed by atoms with E-state index < -0.39 is 0 Å². The molecule has 0 unspecified atom stereocenters. The van der Waals surface area contributed by atoms with Crippen LogP contribution in [0.25, 0.3) is 0 Å². The molecule has 1 heteroatoms. The molecule has 0 saturated heterocycles. The molecule has 2 fully saturated rings. The Morgan fingerprint density at radius 2 is 1.50 bits per heavy atom. The summed E-state index contributed by atoms with van der Waals surface area (Å²) in [6.45, 7) is 6.84. The minimum atomic E-state index is -0.00522. The summed E-state index contributed by atoms with van der Waals surface area (Å²) in [5, 5.41) is 9.95. The van der Waals surface area contributed by atoms with Crippen molar-refractivity contribution in [2.24, 2.45) is 29.1 Å². The molecule has 0 radical (unpaired) electrons. The maximum atomic E-state index is 9.95. The standard InChI is InChI=1S/C21H37N/c1-4-7-17-8-9-19-15-20(11-10-18(19)14-17)21(16-22,12-5-2)13-6-3/h17-20H,4-15H2,1-3H3/t17-,18-,19-,20+/m0/s1. The summed E-state index contributed by atoms with van der Waals surface area (Å²) in [6, 6.07) is 2.81. The van der Waals surface area contributed by atoms with E-state index in [-0.39, 0.29) is 5.41 Å². The second-order valence-electron chi connectivity index (χ2n) is 8.27. The molecule has 0 spiro atoms. The van der Waals surface area contributed by atoms with Gasteiger partial charge >= 0.3 is 0 Å². The molecule has 0 aliphatic heterocycles. The van der Waals surface area contributed by atoms with Crippen LogP contribution < -0.4 is 0 Å². The molecule has 0 amide bonds. The van der Waals surface area contributed by atoms with Gasteiger partial charge < -0.3 is 0 Å². The zero-order valence-electron chi connectivity index (χ0n) is 15.2. The molecule has 1 nitrogen and oxygen atoms in total. The van der Waals surface area contributed by atoms with Gasteiger partial charge in [0.1, 0.15) is 0 Å². The Hall–Kier alpha value is -0.510. The topological polar surface area (TPSA) is 23.8 Å². The van der Waals surface area contributed by atoms with Gasteiger partial charge in [0.05, 0.1) is 11.5 Å². The van der Waals surface area contributed by atoms with Crippen LogP contribution in [0, 0.1) is 40.4 Å². The van der Waals surface area contributed by atoms with Gasteiger partial charge in [0.2, 0.25) is 0 Å². The lowest BCUT2D eigenvalue weighted by Crippen LogP contribution is -2.38. The summed E-state index contributed by atoms with van der Waals surface area (Å²) in [5.74, 6) is 3.62. The van der Waals surface area contributed by atoms with E-state index in [0.717, 1.165) is 43.4 Å². The van der Waals surface area contributed by atoms with Crippen molar-refractivity contribution < 1.29 is 0 Å². The van der Waals surface area contributed by atoms with Crippen molar-refractivity contribution in [2.45, 2.75) is 97.8 Å². The fraction of sp³-hybridized carbons (Fsp3) is 0.952. The van der Waals surface area contributed by atoms with Crippen LogP contribution in [0.4, 0.5) is 0 Å². The molecule has 126 valence electrons. The number of fused-ring (bicyclic) bond motifs is 1. The van der Waals surface area contributed by atoms with Crippen LogP contribution in [-0.2, 0) is 0 Å². The van der Waals surface area contributed by atoms with Gasteiger partial charge in [-0.25, -0.2) is 0 Å². The van der Waals surface area contributed by atoms with Gasteiger partial charge in [-0.1, -0.05) is 52.9 Å². The molecule has 2 rings (SSSR count). The van der Waals surface area contributed by atoms with E-state index in [0.29, 0.717) is 5.92 Å². The highest BCUT2D eigenvalue weighted by molar-refractivity contribution is 5.05. The Labute approximate surface area is 138 Å². The van der Waals surface area contributed by atoms with Crippen LogP contribution in [0.5, 0.6) is 0 Å². The van der Waals surface area contributed by atoms with Crippen molar-refractivity contribution in [1.82, 2.24) is 0 Å². The summed E-state index contributed by atoms with van der Waals surface area (Å²) in [7, 11) is 0. The minimum absolute atomic E-state index is 0.00522. The van der Waals surface area contributed by atoms with Crippen LogP contribution in [-0.4, -0.2) is 0 Å². The summed E-state index contributed by atoms with van der Waals surface area (Å²) < 4.78 is 0. The third-order valence-electron chi connectivity index (χ3n) is 6.81. The van der Waals surface area contributed by atoms with Gasteiger partial charge in [-0.15, -0.1) is 0 Å². The van der Waals surface area contributed by atoms with Gasteiger partial charge in [0, 0.05) is 0 Å². The molecule has 0 aromatic rings. The third kappa shape index (κ3) is 3.87. The zero-order chi connectivity index (χ0) is 16.0. The molecule has 0 aromatic heterocycles. The first kappa shape index (κ1) is 17.8. The summed E-state index contributed by atoms with van der Waals surface area (Å²) in [4.78, 5) is 0. The first-order valence-corrected chi connectivity index (χ1v) is 10.1. The number of rotatable bonds is 7. The molecular formula is C21H37N. The lowest BCUT2D eigenvalue weighted by Gasteiger charge is -2.46. The van der Waals surface area contributed by atoms with E-state index >= 15 is 0 Å². The van der Waals surface area contributed by atoms with Crippen molar-refractivity contribution in [1.29, 1.82) is 5.26 Å². The molecular weight excluding hydrogens is 266 g/mol. The lowest BCUT2D eigenvalue weighted by atomic mass is 9.57. The molecule has 0 bridgehead atoms. The average molecular weight is 304 g/mol. The normalized spacial score (nSPS) is 32.3. The molecule has 0 aromatic carbocycles. The maximum absolute atomic E-state index is 9.95. The molecule has 22 heavy (non-hydrogen) atoms. The van der Waals surface area contributed by atoms with E-state index in [1.807, 2.05) is 0 Å². The van der Waals surface area contributed by atoms with Crippen molar-refractivity contribution in [3.8, 4) is 6.07 Å². The smallest absolute Gasteiger partial charge is 0.0692 e. The Morgan fingerprint density at radius 3 is 2.09 bits per heavy atom. The lowest BCUT2D eigenvalue weighted by molar-refractivity contribution is 0.0447. The zero-order valence-corrected chi connectivity index (χ0v) is 15.2. The molecule has 2 aliphatic rings. The van der Waals surface area contributed by atoms with Crippen LogP contribution >= 0.6 is 0 Å². The molecule has 4 atom stereocenters. The van der Waals surface area contributed by atoms with Gasteiger partial charge in [0.25, 0.3) is 0 Å². The predicted octanol–water partition coefficient (Wildman–Crippen LogP) is 6.73. The Bertz CT molecular complexity index is 361. The second-order valence-corrected chi connectivity index (χ2v) is 8.27. The highest BCUT2D eigenvalue weighted by Gasteiger charge is 2.44. The highest BCUT2D eigenvalue weighted by atomic mass is 14.5. The van der Waals surface area contributed by atoms with Gasteiger partial charge in [-0.3, -0.25) is 0 Å². The van der Waals surface area contributed by atoms with Gasteiger partial charge in [-0.05, 0) is 68.6 Å². The highest BCUT2D eigenvalue weighted by Crippen LogP contribution is 2.52. The Morgan fingerprint density at radius 1 is 0.864 bits per heavy atom. The maximum Gasteiger partial charge on any atom is 0.0692 e. The summed E-state index contributed by atoms with van der Waals surface area (Å²) in [6.07, 6.45) is 15.9. The number of hydrogen-bond donors (Lipinski definition) is 0. The van der Waals surface area contributed by atoms with Crippen LogP contribution in [0.15, 0.2) is 0 Å². The SMILES string of the molecule is CCC[C@H]1CC[C@H]2C[C@H](C(C#N)(CCC)CCC)CC[C@H]2C1. The molecule has 0 heterocycles. The fourth-order valence-electron chi connectivity index (χ4n) is 5.79. The van der Waals surface area contributed by atoms with Gasteiger partial charge in [0.15, 0.2) is 0 Å². The number of hydrogen-bond acceptors (Lipinski definition) is 1. The first-order chi connectivity index (χ1) is 10.7. The molecule has 2 saturated carbocycles. The van der Waals surface area contributed by atoms with E-state index in [1.165, 1.54) is 51.4 Å². The average Bonchev–Trinajstić information content (AvgIpc) is 2.54. The Kier molecular flexibility index (Phi) is 6.79. The first-order valence-electron chi connectivity index (χ1n) is 10.1.